The van der Waals surface area contributed by atoms with Gasteiger partial charge in [-0.05, 0) is 79.8 Å². The second kappa shape index (κ2) is 8.83. The van der Waals surface area contributed by atoms with Crippen molar-refractivity contribution in [2.24, 2.45) is 0 Å². The molecular weight excluding hydrogens is 517 g/mol. The van der Waals surface area contributed by atoms with Crippen LogP contribution in [0, 0.1) is 6.92 Å². The Morgan fingerprint density at radius 2 is 1.82 bits per heavy atom. The first kappa shape index (κ1) is 24.4. The molecule has 0 unspecified atom stereocenters. The summed E-state index contributed by atoms with van der Waals surface area (Å²) in [7, 11) is -4.01. The average molecular weight is 541 g/mol. The summed E-state index contributed by atoms with van der Waals surface area (Å²) in [5.41, 5.74) is 3.71. The summed E-state index contributed by atoms with van der Waals surface area (Å²) < 4.78 is 68.2. The Kier molecular flexibility index (Phi) is 5.67. The molecule has 0 spiro atoms. The van der Waals surface area contributed by atoms with Gasteiger partial charge in [0.15, 0.2) is 0 Å². The molecule has 1 fully saturated rings. The molecule has 2 aromatic heterocycles. The number of rotatable bonds is 6. The number of fused-ring (bicyclic) bond motifs is 1. The number of halogens is 3. The molecule has 1 N–H and O–H groups in total. The van der Waals surface area contributed by atoms with Crippen LogP contribution < -0.4 is 9.62 Å². The highest BCUT2D eigenvalue weighted by Crippen LogP contribution is 2.37. The van der Waals surface area contributed by atoms with Crippen LogP contribution in [0.2, 0.25) is 0 Å². The molecule has 1 aliphatic carbocycles. The summed E-state index contributed by atoms with van der Waals surface area (Å²) in [6, 6.07) is 9.27. The summed E-state index contributed by atoms with van der Waals surface area (Å²) in [4.78, 5) is 8.88. The standard InChI is InChI=1S/C26H23F3N6O2S/c1-16-13-30-25(33-24(16)18-14-31-34(15-18)21-5-6-21)32-20-4-9-23-17(12-20)10-11-35(23)38(36,37)22-7-2-19(3-8-22)26(27,28)29/h2-4,7-9,12-15,21H,5-6,10-11H2,1H3,(H,30,32,33). The van der Waals surface area contributed by atoms with E-state index in [0.29, 0.717) is 29.8 Å². The molecule has 196 valence electrons. The number of nitrogens with zero attached hydrogens (tertiary/aromatic N) is 5. The van der Waals surface area contributed by atoms with Crippen LogP contribution in [-0.2, 0) is 22.6 Å². The molecule has 2 aromatic carbocycles. The summed E-state index contributed by atoms with van der Waals surface area (Å²) in [5, 5.41) is 7.64. The molecule has 0 bridgehead atoms. The quantitative estimate of drug-likeness (QED) is 0.347. The molecule has 8 nitrogen and oxygen atoms in total. The lowest BCUT2D eigenvalue weighted by Gasteiger charge is -2.20. The largest absolute Gasteiger partial charge is 0.416 e. The van der Waals surface area contributed by atoms with E-state index < -0.39 is 21.8 Å². The molecule has 38 heavy (non-hydrogen) atoms. The van der Waals surface area contributed by atoms with Gasteiger partial charge in [0.1, 0.15) is 0 Å². The molecule has 3 heterocycles. The van der Waals surface area contributed by atoms with Gasteiger partial charge in [-0.3, -0.25) is 8.99 Å². The second-order valence-corrected chi connectivity index (χ2v) is 11.3. The highest BCUT2D eigenvalue weighted by atomic mass is 32.2. The first-order valence-corrected chi connectivity index (χ1v) is 13.5. The van der Waals surface area contributed by atoms with E-state index in [-0.39, 0.29) is 11.4 Å². The maximum atomic E-state index is 13.2. The maximum Gasteiger partial charge on any atom is 0.416 e. The first-order valence-electron chi connectivity index (χ1n) is 12.1. The minimum atomic E-state index is -4.54. The Labute approximate surface area is 217 Å². The van der Waals surface area contributed by atoms with Crippen molar-refractivity contribution in [3.05, 3.63) is 77.7 Å². The molecule has 0 amide bonds. The van der Waals surface area contributed by atoms with Crippen LogP contribution in [0.5, 0.6) is 0 Å². The third-order valence-electron chi connectivity index (χ3n) is 6.73. The van der Waals surface area contributed by atoms with Gasteiger partial charge in [-0.15, -0.1) is 0 Å². The molecule has 0 atom stereocenters. The zero-order valence-corrected chi connectivity index (χ0v) is 21.1. The van der Waals surface area contributed by atoms with Gasteiger partial charge in [0.25, 0.3) is 10.0 Å². The lowest BCUT2D eigenvalue weighted by Crippen LogP contribution is -2.29. The maximum absolute atomic E-state index is 13.2. The van der Waals surface area contributed by atoms with Crippen LogP contribution in [0.3, 0.4) is 0 Å². The Bertz CT molecular complexity index is 1630. The van der Waals surface area contributed by atoms with Crippen molar-refractivity contribution < 1.29 is 21.6 Å². The first-order chi connectivity index (χ1) is 18.1. The minimum Gasteiger partial charge on any atom is -0.324 e. The highest BCUT2D eigenvalue weighted by Gasteiger charge is 2.34. The van der Waals surface area contributed by atoms with Gasteiger partial charge >= 0.3 is 6.18 Å². The van der Waals surface area contributed by atoms with Crippen molar-refractivity contribution in [1.29, 1.82) is 0 Å². The third-order valence-corrected chi connectivity index (χ3v) is 8.55. The number of anilines is 3. The van der Waals surface area contributed by atoms with E-state index in [2.05, 4.69) is 20.4 Å². The van der Waals surface area contributed by atoms with Gasteiger partial charge in [0, 0.05) is 30.2 Å². The zero-order chi connectivity index (χ0) is 26.7. The van der Waals surface area contributed by atoms with E-state index in [1.165, 1.54) is 4.31 Å². The van der Waals surface area contributed by atoms with Crippen LogP contribution in [0.25, 0.3) is 11.3 Å². The summed E-state index contributed by atoms with van der Waals surface area (Å²) in [6.07, 6.45) is 3.74. The molecule has 2 aliphatic rings. The number of alkyl halides is 3. The van der Waals surface area contributed by atoms with Gasteiger partial charge < -0.3 is 5.32 Å². The van der Waals surface area contributed by atoms with Crippen LogP contribution in [0.4, 0.5) is 30.5 Å². The number of benzene rings is 2. The van der Waals surface area contributed by atoms with E-state index in [4.69, 9.17) is 0 Å². The summed E-state index contributed by atoms with van der Waals surface area (Å²) >= 11 is 0. The minimum absolute atomic E-state index is 0.189. The fourth-order valence-electron chi connectivity index (χ4n) is 4.56. The molecule has 6 rings (SSSR count). The Morgan fingerprint density at radius 1 is 1.05 bits per heavy atom. The second-order valence-electron chi connectivity index (χ2n) is 9.48. The van der Waals surface area contributed by atoms with Crippen LogP contribution in [0.15, 0.2) is 66.0 Å². The van der Waals surface area contributed by atoms with E-state index in [1.54, 1.807) is 24.5 Å². The number of hydrogen-bond donors (Lipinski definition) is 1. The Morgan fingerprint density at radius 3 is 2.53 bits per heavy atom. The monoisotopic (exact) mass is 540 g/mol. The number of nitrogens with one attached hydrogen (secondary N) is 1. The lowest BCUT2D eigenvalue weighted by atomic mass is 10.1. The predicted octanol–water partition coefficient (Wildman–Crippen LogP) is 5.50. The Balaban J connectivity index is 1.22. The molecule has 4 aromatic rings. The van der Waals surface area contributed by atoms with Gasteiger partial charge in [-0.25, -0.2) is 18.4 Å². The van der Waals surface area contributed by atoms with Gasteiger partial charge in [-0.2, -0.15) is 18.3 Å². The third kappa shape index (κ3) is 4.49. The van der Waals surface area contributed by atoms with Crippen molar-refractivity contribution in [2.45, 2.75) is 43.3 Å². The molecule has 0 saturated heterocycles. The summed E-state index contributed by atoms with van der Waals surface area (Å²) in [5.74, 6) is 0.400. The smallest absolute Gasteiger partial charge is 0.324 e. The highest BCUT2D eigenvalue weighted by molar-refractivity contribution is 7.92. The lowest BCUT2D eigenvalue weighted by molar-refractivity contribution is -0.137. The van der Waals surface area contributed by atoms with Crippen LogP contribution >= 0.6 is 0 Å². The van der Waals surface area contributed by atoms with Gasteiger partial charge in [-0.1, -0.05) is 0 Å². The predicted molar refractivity (Wildman–Crippen MR) is 136 cm³/mol. The molecule has 1 saturated carbocycles. The number of sulfonamides is 1. The van der Waals surface area contributed by atoms with Crippen molar-refractivity contribution >= 4 is 27.3 Å². The topological polar surface area (TPSA) is 93.0 Å². The van der Waals surface area contributed by atoms with E-state index in [0.717, 1.165) is 59.5 Å². The van der Waals surface area contributed by atoms with Gasteiger partial charge in [0.05, 0.1) is 34.1 Å². The number of aryl methyl sites for hydroxylation is 1. The fraction of sp³-hybridized carbons (Fsp3) is 0.269. The molecule has 0 radical (unpaired) electrons. The number of aromatic nitrogens is 4. The normalized spacial score (nSPS) is 15.5. The average Bonchev–Trinajstić information content (AvgIpc) is 3.45. The molecule has 12 heteroatoms. The van der Waals surface area contributed by atoms with Crippen LogP contribution in [0.1, 0.15) is 35.6 Å². The van der Waals surface area contributed by atoms with Crippen molar-refractivity contribution in [1.82, 2.24) is 19.7 Å². The SMILES string of the molecule is Cc1cnc(Nc2ccc3c(c2)CCN3S(=O)(=O)c2ccc(C(F)(F)F)cc2)nc1-c1cnn(C2CC2)c1. The van der Waals surface area contributed by atoms with Crippen molar-refractivity contribution in [3.8, 4) is 11.3 Å². The van der Waals surface area contributed by atoms with Crippen molar-refractivity contribution in [2.75, 3.05) is 16.2 Å². The van der Waals surface area contributed by atoms with E-state index in [1.807, 2.05) is 23.9 Å². The van der Waals surface area contributed by atoms with Crippen LogP contribution in [-0.4, -0.2) is 34.7 Å². The van der Waals surface area contributed by atoms with Gasteiger partial charge in [0.2, 0.25) is 5.95 Å². The van der Waals surface area contributed by atoms with E-state index in [9.17, 15) is 21.6 Å². The zero-order valence-electron chi connectivity index (χ0n) is 20.3. The fourth-order valence-corrected chi connectivity index (χ4v) is 6.07. The number of hydrogen-bond acceptors (Lipinski definition) is 6. The Hall–Kier alpha value is -3.93. The molecule has 1 aliphatic heterocycles. The molecular formula is C26H23F3N6O2S. The summed E-state index contributed by atoms with van der Waals surface area (Å²) in [6.45, 7) is 2.13. The van der Waals surface area contributed by atoms with E-state index >= 15 is 0 Å². The van der Waals surface area contributed by atoms with Crippen molar-refractivity contribution in [3.63, 3.8) is 0 Å².